The summed E-state index contributed by atoms with van der Waals surface area (Å²) in [6.45, 7) is 10.1. The quantitative estimate of drug-likeness (QED) is 0.446. The van der Waals surface area contributed by atoms with Crippen molar-refractivity contribution in [3.05, 3.63) is 12.7 Å². The smallest absolute Gasteiger partial charge is 0.312 e. The highest BCUT2D eigenvalue weighted by Crippen LogP contribution is 2.58. The van der Waals surface area contributed by atoms with Crippen LogP contribution in [-0.4, -0.2) is 82.8 Å². The first-order valence-corrected chi connectivity index (χ1v) is 10.5. The van der Waals surface area contributed by atoms with Gasteiger partial charge in [0.1, 0.15) is 11.6 Å². The Morgan fingerprint density at radius 1 is 1.48 bits per heavy atom. The van der Waals surface area contributed by atoms with Gasteiger partial charge in [0, 0.05) is 25.7 Å². The second-order valence-electron chi connectivity index (χ2n) is 8.29. The minimum Gasteiger partial charge on any atom is -0.466 e. The number of fused-ring (bicyclic) bond motifs is 1. The van der Waals surface area contributed by atoms with Gasteiger partial charge in [-0.3, -0.25) is 14.4 Å². The lowest BCUT2D eigenvalue weighted by molar-refractivity contribution is -0.155. The Bertz CT molecular complexity index is 680. The van der Waals surface area contributed by atoms with Crippen LogP contribution >= 0.6 is 0 Å². The Morgan fingerprint density at radius 2 is 2.21 bits per heavy atom. The Balaban J connectivity index is 2.01. The van der Waals surface area contributed by atoms with E-state index in [1.54, 1.807) is 17.9 Å². The lowest BCUT2D eigenvalue weighted by Crippen LogP contribution is -2.57. The number of carbonyl (C=O) groups is 3. The predicted octanol–water partition coefficient (Wildman–Crippen LogP) is 0.730. The molecular weight excluding hydrogens is 376 g/mol. The van der Waals surface area contributed by atoms with E-state index in [1.165, 1.54) is 4.90 Å². The number of ether oxygens (including phenoxy) is 2. The highest BCUT2D eigenvalue weighted by atomic mass is 16.6. The second-order valence-corrected chi connectivity index (χ2v) is 8.29. The van der Waals surface area contributed by atoms with E-state index in [0.717, 1.165) is 0 Å². The molecule has 8 nitrogen and oxygen atoms in total. The maximum Gasteiger partial charge on any atom is 0.312 e. The summed E-state index contributed by atoms with van der Waals surface area (Å²) in [7, 11) is 0. The van der Waals surface area contributed by atoms with Crippen LogP contribution in [0.25, 0.3) is 0 Å². The molecule has 0 saturated carbocycles. The topological polar surface area (TPSA) is 96.4 Å². The van der Waals surface area contributed by atoms with Gasteiger partial charge < -0.3 is 24.4 Å². The predicted molar refractivity (Wildman–Crippen MR) is 105 cm³/mol. The molecule has 2 amide bonds. The molecule has 3 heterocycles. The van der Waals surface area contributed by atoms with Crippen LogP contribution in [0.5, 0.6) is 0 Å². The average Bonchev–Trinajstić information content (AvgIpc) is 3.31. The van der Waals surface area contributed by atoms with E-state index >= 15 is 0 Å². The van der Waals surface area contributed by atoms with Crippen molar-refractivity contribution >= 4 is 17.8 Å². The van der Waals surface area contributed by atoms with Crippen LogP contribution < -0.4 is 0 Å². The number of esters is 1. The number of nitrogens with zero attached hydrogens (tertiary/aromatic N) is 2. The van der Waals surface area contributed by atoms with Crippen LogP contribution in [0.1, 0.15) is 40.0 Å². The van der Waals surface area contributed by atoms with Crippen molar-refractivity contribution < 1.29 is 29.0 Å². The van der Waals surface area contributed by atoms with Crippen LogP contribution in [0, 0.1) is 11.8 Å². The third-order valence-electron chi connectivity index (χ3n) is 6.38. The van der Waals surface area contributed by atoms with Crippen molar-refractivity contribution in [2.75, 3.05) is 26.3 Å². The van der Waals surface area contributed by atoms with Crippen LogP contribution in [0.2, 0.25) is 0 Å². The number of hydrogen-bond donors (Lipinski definition) is 1. The van der Waals surface area contributed by atoms with Crippen LogP contribution in [0.3, 0.4) is 0 Å². The number of carbonyl (C=O) groups excluding carboxylic acids is 3. The van der Waals surface area contributed by atoms with Gasteiger partial charge in [-0.15, -0.1) is 6.58 Å². The molecule has 8 heteroatoms. The molecule has 1 N–H and O–H groups in total. The first-order valence-electron chi connectivity index (χ1n) is 10.5. The summed E-state index contributed by atoms with van der Waals surface area (Å²) < 4.78 is 11.5. The summed E-state index contributed by atoms with van der Waals surface area (Å²) in [5.41, 5.74) is -1.01. The van der Waals surface area contributed by atoms with E-state index in [-0.39, 0.29) is 37.6 Å². The third kappa shape index (κ3) is 3.36. The van der Waals surface area contributed by atoms with Gasteiger partial charge in [-0.1, -0.05) is 6.08 Å². The van der Waals surface area contributed by atoms with Gasteiger partial charge in [0.05, 0.1) is 24.5 Å². The van der Waals surface area contributed by atoms with Crippen molar-refractivity contribution in [2.24, 2.45) is 11.8 Å². The van der Waals surface area contributed by atoms with E-state index in [4.69, 9.17) is 9.47 Å². The van der Waals surface area contributed by atoms with Gasteiger partial charge in [-0.2, -0.15) is 0 Å². The van der Waals surface area contributed by atoms with Crippen molar-refractivity contribution in [3.63, 3.8) is 0 Å². The minimum atomic E-state index is -1.01. The lowest BCUT2D eigenvalue weighted by atomic mass is 9.70. The first-order chi connectivity index (χ1) is 13.8. The fourth-order valence-corrected chi connectivity index (χ4v) is 5.27. The van der Waals surface area contributed by atoms with E-state index in [9.17, 15) is 19.5 Å². The van der Waals surface area contributed by atoms with Crippen LogP contribution in [0.4, 0.5) is 0 Å². The van der Waals surface area contributed by atoms with Crippen molar-refractivity contribution in [1.82, 2.24) is 9.80 Å². The molecule has 0 aliphatic carbocycles. The molecule has 3 saturated heterocycles. The summed E-state index contributed by atoms with van der Waals surface area (Å²) in [6.07, 6.45) is 2.79. The molecule has 3 rings (SSSR count). The fraction of sp³-hybridized carbons (Fsp3) is 0.762. The van der Waals surface area contributed by atoms with E-state index < -0.39 is 35.6 Å². The zero-order valence-electron chi connectivity index (χ0n) is 17.5. The summed E-state index contributed by atoms with van der Waals surface area (Å²) in [5.74, 6) is -2.28. The standard InChI is InChI=1S/C21H32N2O6/c1-5-10-22(13(3)4)19(26)17-21-9-8-14(29-21)15(20(27)28-6-2)16(21)18(25)23(17)11-7-12-24/h5,13-17,24H,1,6-12H2,2-4H3/t14-,15+,16+,17?,21?/m1/s1. The molecule has 2 unspecified atom stereocenters. The van der Waals surface area contributed by atoms with E-state index in [1.807, 2.05) is 13.8 Å². The molecule has 3 aliphatic heterocycles. The molecule has 0 aromatic carbocycles. The van der Waals surface area contributed by atoms with Gasteiger partial charge in [0.15, 0.2) is 0 Å². The first kappa shape index (κ1) is 21.8. The molecule has 3 fully saturated rings. The largest absolute Gasteiger partial charge is 0.466 e. The molecule has 162 valence electrons. The monoisotopic (exact) mass is 408 g/mol. The van der Waals surface area contributed by atoms with Gasteiger partial charge in [0.2, 0.25) is 11.8 Å². The van der Waals surface area contributed by atoms with Gasteiger partial charge in [0.25, 0.3) is 0 Å². The molecule has 0 aromatic heterocycles. The molecule has 5 atom stereocenters. The summed E-state index contributed by atoms with van der Waals surface area (Å²) in [4.78, 5) is 42.9. The highest BCUT2D eigenvalue weighted by molar-refractivity contribution is 5.98. The van der Waals surface area contributed by atoms with E-state index in [2.05, 4.69) is 6.58 Å². The lowest BCUT2D eigenvalue weighted by Gasteiger charge is -2.38. The second kappa shape index (κ2) is 8.44. The molecule has 2 bridgehead atoms. The minimum absolute atomic E-state index is 0.0785. The Labute approximate surface area is 171 Å². The van der Waals surface area contributed by atoms with Crippen LogP contribution in [-0.2, 0) is 23.9 Å². The number of likely N-dealkylation sites (tertiary alicyclic amines) is 1. The Kier molecular flexibility index (Phi) is 6.33. The average molecular weight is 408 g/mol. The number of amides is 2. The van der Waals surface area contributed by atoms with Gasteiger partial charge >= 0.3 is 5.97 Å². The van der Waals surface area contributed by atoms with Crippen LogP contribution in [0.15, 0.2) is 12.7 Å². The number of hydrogen-bond acceptors (Lipinski definition) is 6. The zero-order valence-corrected chi connectivity index (χ0v) is 17.5. The summed E-state index contributed by atoms with van der Waals surface area (Å²) >= 11 is 0. The third-order valence-corrected chi connectivity index (χ3v) is 6.38. The fourth-order valence-electron chi connectivity index (χ4n) is 5.27. The zero-order chi connectivity index (χ0) is 21.3. The number of aliphatic hydroxyl groups is 1. The highest BCUT2D eigenvalue weighted by Gasteiger charge is 2.75. The molecule has 0 radical (unpaired) electrons. The Morgan fingerprint density at radius 3 is 2.79 bits per heavy atom. The molecule has 1 spiro atoms. The Hall–Kier alpha value is -1.93. The maximum atomic E-state index is 13.6. The summed E-state index contributed by atoms with van der Waals surface area (Å²) in [5, 5.41) is 9.31. The van der Waals surface area contributed by atoms with Gasteiger partial charge in [-0.05, 0) is 40.0 Å². The molecule has 3 aliphatic rings. The number of rotatable bonds is 9. The molecular formula is C21H32N2O6. The maximum absolute atomic E-state index is 13.6. The number of aliphatic hydroxyl groups excluding tert-OH is 1. The van der Waals surface area contributed by atoms with Crippen molar-refractivity contribution in [1.29, 1.82) is 0 Å². The molecule has 0 aromatic rings. The van der Waals surface area contributed by atoms with Crippen molar-refractivity contribution in [2.45, 2.75) is 63.8 Å². The normalized spacial score (nSPS) is 32.6. The molecule has 29 heavy (non-hydrogen) atoms. The van der Waals surface area contributed by atoms with Gasteiger partial charge in [-0.25, -0.2) is 0 Å². The van der Waals surface area contributed by atoms with E-state index in [0.29, 0.717) is 25.8 Å². The van der Waals surface area contributed by atoms with Crippen molar-refractivity contribution in [3.8, 4) is 0 Å². The summed E-state index contributed by atoms with van der Waals surface area (Å²) in [6, 6.07) is -0.886. The SMILES string of the molecule is C=CCN(C(=O)C1N(CCCO)C(=O)[C@@H]2[C@@H](C(=O)OCC)[C@H]3CCC12O3)C(C)C.